The molecule has 0 aliphatic rings. The Morgan fingerprint density at radius 1 is 1.33 bits per heavy atom. The van der Waals surface area contributed by atoms with Crippen molar-refractivity contribution < 1.29 is 8.78 Å². The highest BCUT2D eigenvalue weighted by Crippen LogP contribution is 2.18. The second-order valence-corrected chi connectivity index (χ2v) is 3.51. The number of aromatic nitrogens is 4. The van der Waals surface area contributed by atoms with Gasteiger partial charge in [0, 0.05) is 13.1 Å². The van der Waals surface area contributed by atoms with Crippen LogP contribution >= 0.6 is 0 Å². The number of aryl methyl sites for hydroxylation is 1. The molecule has 0 amide bonds. The molecule has 4 N–H and O–H groups in total. The van der Waals surface area contributed by atoms with Crippen LogP contribution in [0.5, 0.6) is 0 Å². The summed E-state index contributed by atoms with van der Waals surface area (Å²) in [7, 11) is 1.75. The molecule has 0 unspecified atom stereocenters. The molecule has 0 saturated heterocycles. The van der Waals surface area contributed by atoms with Crippen molar-refractivity contribution in [1.29, 1.82) is 0 Å². The van der Waals surface area contributed by atoms with Crippen molar-refractivity contribution in [2.24, 2.45) is 12.9 Å². The molecule has 2 aromatic rings. The molecule has 0 radical (unpaired) electrons. The van der Waals surface area contributed by atoms with Gasteiger partial charge in [-0.25, -0.2) is 19.6 Å². The van der Waals surface area contributed by atoms with Crippen LogP contribution in [0.25, 0.3) is 0 Å². The fraction of sp³-hybridized carbons (Fsp3) is 0.222. The number of nitrogen functional groups attached to an aromatic ring is 1. The zero-order valence-electron chi connectivity index (χ0n) is 9.48. The molecule has 0 bridgehead atoms. The largest absolute Gasteiger partial charge is 0.360 e. The highest BCUT2D eigenvalue weighted by atomic mass is 19.1. The van der Waals surface area contributed by atoms with E-state index >= 15 is 0 Å². The molecule has 96 valence electrons. The Labute approximate surface area is 101 Å². The fourth-order valence-corrected chi connectivity index (χ4v) is 1.32. The number of hydrogen-bond donors (Lipinski definition) is 3. The number of nitrogens with two attached hydrogens (primary N) is 1. The van der Waals surface area contributed by atoms with Crippen LogP contribution in [0, 0.1) is 11.6 Å². The van der Waals surface area contributed by atoms with E-state index in [1.54, 1.807) is 11.6 Å². The zero-order valence-corrected chi connectivity index (χ0v) is 9.48. The van der Waals surface area contributed by atoms with E-state index in [0.717, 1.165) is 0 Å². The van der Waals surface area contributed by atoms with Crippen LogP contribution < -0.4 is 16.6 Å². The summed E-state index contributed by atoms with van der Waals surface area (Å²) in [6.07, 6.45) is 1.51. The first kappa shape index (κ1) is 12.2. The number of halogens is 2. The van der Waals surface area contributed by atoms with Crippen molar-refractivity contribution in [2.75, 3.05) is 10.7 Å². The van der Waals surface area contributed by atoms with Crippen LogP contribution in [0.4, 0.5) is 20.4 Å². The van der Waals surface area contributed by atoms with Gasteiger partial charge >= 0.3 is 0 Å². The van der Waals surface area contributed by atoms with Crippen molar-refractivity contribution in [3.05, 3.63) is 29.9 Å². The number of hydrogen-bond acceptors (Lipinski definition) is 6. The third-order valence-electron chi connectivity index (χ3n) is 2.29. The van der Waals surface area contributed by atoms with E-state index in [1.807, 2.05) is 5.43 Å². The maximum Gasteiger partial charge on any atom is 0.178 e. The summed E-state index contributed by atoms with van der Waals surface area (Å²) in [5.41, 5.74) is 2.04. The normalized spacial score (nSPS) is 10.4. The molecule has 0 saturated carbocycles. The van der Waals surface area contributed by atoms with Gasteiger partial charge in [-0.1, -0.05) is 0 Å². The Hall–Kier alpha value is -2.29. The second kappa shape index (κ2) is 4.92. The Morgan fingerprint density at radius 3 is 2.67 bits per heavy atom. The Balaban J connectivity index is 2.16. The summed E-state index contributed by atoms with van der Waals surface area (Å²) in [5, 5.41) is 10.2. The van der Waals surface area contributed by atoms with Gasteiger partial charge in [0.15, 0.2) is 29.1 Å². The number of hydrazine groups is 1. The van der Waals surface area contributed by atoms with Gasteiger partial charge in [-0.15, -0.1) is 10.2 Å². The van der Waals surface area contributed by atoms with Gasteiger partial charge in [-0.2, -0.15) is 0 Å². The monoisotopic (exact) mass is 255 g/mol. The zero-order chi connectivity index (χ0) is 13.1. The maximum atomic E-state index is 13.4. The summed E-state index contributed by atoms with van der Waals surface area (Å²) < 4.78 is 28.2. The van der Waals surface area contributed by atoms with Gasteiger partial charge in [0.05, 0.1) is 6.54 Å². The Bertz CT molecular complexity index is 554. The standard InChI is InChI=1S/C9H11F2N7/c1-18-4-14-17-7(18)3-13-8-5(10)2-6(11)9(15-8)16-12/h2,4H,3,12H2,1H3,(H2,13,15,16). The minimum absolute atomic E-state index is 0.118. The number of nitrogens with one attached hydrogen (secondary N) is 2. The lowest BCUT2D eigenvalue weighted by Gasteiger charge is -2.08. The van der Waals surface area contributed by atoms with Crippen molar-refractivity contribution in [3.8, 4) is 0 Å². The highest BCUT2D eigenvalue weighted by molar-refractivity contribution is 5.46. The molecule has 0 aromatic carbocycles. The number of nitrogens with zero attached hydrogens (tertiary/aromatic N) is 4. The van der Waals surface area contributed by atoms with Crippen molar-refractivity contribution in [2.45, 2.75) is 6.54 Å². The first-order chi connectivity index (χ1) is 8.61. The van der Waals surface area contributed by atoms with Crippen LogP contribution in [0.15, 0.2) is 12.4 Å². The molecule has 7 nitrogen and oxygen atoms in total. The topological polar surface area (TPSA) is 93.7 Å². The van der Waals surface area contributed by atoms with E-state index in [-0.39, 0.29) is 18.2 Å². The first-order valence-electron chi connectivity index (χ1n) is 5.01. The molecule has 2 heterocycles. The molecule has 0 spiro atoms. The van der Waals surface area contributed by atoms with Crippen LogP contribution in [0.1, 0.15) is 5.82 Å². The van der Waals surface area contributed by atoms with E-state index < -0.39 is 11.6 Å². The van der Waals surface area contributed by atoms with Gasteiger partial charge < -0.3 is 15.3 Å². The van der Waals surface area contributed by atoms with Crippen LogP contribution in [0.2, 0.25) is 0 Å². The lowest BCUT2D eigenvalue weighted by molar-refractivity contribution is 0.577. The third kappa shape index (κ3) is 2.35. The first-order valence-corrected chi connectivity index (χ1v) is 5.01. The van der Waals surface area contributed by atoms with Gasteiger partial charge in [-0.05, 0) is 0 Å². The van der Waals surface area contributed by atoms with Gasteiger partial charge in [0.1, 0.15) is 6.33 Å². The molecule has 0 aliphatic carbocycles. The summed E-state index contributed by atoms with van der Waals surface area (Å²) in [6, 6.07) is 0.696. The molecule has 2 aromatic heterocycles. The summed E-state index contributed by atoms with van der Waals surface area (Å²) in [5.74, 6) is 3.61. The second-order valence-electron chi connectivity index (χ2n) is 3.51. The molecule has 0 fully saturated rings. The minimum Gasteiger partial charge on any atom is -0.360 e. The highest BCUT2D eigenvalue weighted by Gasteiger charge is 2.11. The van der Waals surface area contributed by atoms with Crippen LogP contribution in [-0.2, 0) is 13.6 Å². The lowest BCUT2D eigenvalue weighted by Crippen LogP contribution is -2.14. The molecule has 0 atom stereocenters. The summed E-state index contributed by atoms with van der Waals surface area (Å²) >= 11 is 0. The lowest BCUT2D eigenvalue weighted by atomic mass is 10.4. The Morgan fingerprint density at radius 2 is 2.06 bits per heavy atom. The van der Waals surface area contributed by atoms with E-state index in [1.165, 1.54) is 6.33 Å². The van der Waals surface area contributed by atoms with Crippen molar-refractivity contribution in [3.63, 3.8) is 0 Å². The van der Waals surface area contributed by atoms with E-state index in [2.05, 4.69) is 20.5 Å². The van der Waals surface area contributed by atoms with E-state index in [9.17, 15) is 8.78 Å². The smallest absolute Gasteiger partial charge is 0.178 e. The molecule has 2 rings (SSSR count). The SMILES string of the molecule is Cn1cnnc1CNc1nc(NN)c(F)cc1F. The minimum atomic E-state index is -0.862. The van der Waals surface area contributed by atoms with Gasteiger partial charge in [0.25, 0.3) is 0 Å². The number of pyridine rings is 1. The molecule has 0 aliphatic heterocycles. The number of rotatable bonds is 4. The number of anilines is 2. The predicted octanol–water partition coefficient (Wildman–Crippen LogP) is 0.386. The summed E-state index contributed by atoms with van der Waals surface area (Å²) in [4.78, 5) is 3.66. The maximum absolute atomic E-state index is 13.4. The summed E-state index contributed by atoms with van der Waals surface area (Å²) in [6.45, 7) is 0.204. The van der Waals surface area contributed by atoms with Gasteiger partial charge in [0.2, 0.25) is 0 Å². The average Bonchev–Trinajstić information content (AvgIpc) is 2.74. The van der Waals surface area contributed by atoms with Crippen LogP contribution in [-0.4, -0.2) is 19.7 Å². The Kier molecular flexibility index (Phi) is 3.33. The van der Waals surface area contributed by atoms with E-state index in [4.69, 9.17) is 5.84 Å². The van der Waals surface area contributed by atoms with Gasteiger partial charge in [-0.3, -0.25) is 0 Å². The van der Waals surface area contributed by atoms with Crippen molar-refractivity contribution in [1.82, 2.24) is 19.7 Å². The third-order valence-corrected chi connectivity index (χ3v) is 2.29. The predicted molar refractivity (Wildman–Crippen MR) is 60.3 cm³/mol. The molecule has 18 heavy (non-hydrogen) atoms. The average molecular weight is 255 g/mol. The molecule has 9 heteroatoms. The molecular formula is C9H11F2N7. The fourth-order valence-electron chi connectivity index (χ4n) is 1.32. The quantitative estimate of drug-likeness (QED) is 0.540. The van der Waals surface area contributed by atoms with Crippen LogP contribution in [0.3, 0.4) is 0 Å². The molecular weight excluding hydrogens is 244 g/mol. The van der Waals surface area contributed by atoms with Crippen molar-refractivity contribution >= 4 is 11.6 Å². The van der Waals surface area contributed by atoms with E-state index in [0.29, 0.717) is 11.9 Å².